The molecule has 0 saturated heterocycles. The first kappa shape index (κ1) is 16.3. The Morgan fingerprint density at radius 1 is 1.16 bits per heavy atom. The number of carbonyl (C=O) groups excluding carboxylic acids is 1. The zero-order chi connectivity index (χ0) is 17.6. The van der Waals surface area contributed by atoms with Gasteiger partial charge in [-0.3, -0.25) is 4.79 Å². The van der Waals surface area contributed by atoms with Gasteiger partial charge >= 0.3 is 0 Å². The molecule has 3 nitrogen and oxygen atoms in total. The number of nitrogens with one attached hydrogen (secondary N) is 1. The molecule has 2 heterocycles. The molecule has 1 unspecified atom stereocenters. The molecule has 0 spiro atoms. The average Bonchev–Trinajstić information content (AvgIpc) is 3.01. The van der Waals surface area contributed by atoms with Crippen LogP contribution in [0.2, 0.25) is 0 Å². The van der Waals surface area contributed by atoms with Crippen molar-refractivity contribution in [1.29, 1.82) is 0 Å². The Morgan fingerprint density at radius 3 is 2.68 bits per heavy atom. The summed E-state index contributed by atoms with van der Waals surface area (Å²) in [5, 5.41) is 0.975. The molecule has 3 aromatic rings. The number of aromatic amines is 1. The molecule has 4 rings (SSSR count). The standard InChI is InChI=1S/C21H22N2OS/c1-4-23(5-2)21(24)20-18-15-12-13(3)10-11-16(15)22-19(18)14-8-6-7-9-17(14)25-20/h6-12,20,22H,4-5H2,1-3H3. The van der Waals surface area contributed by atoms with Gasteiger partial charge in [0.25, 0.3) is 0 Å². The van der Waals surface area contributed by atoms with Crippen LogP contribution in [0.15, 0.2) is 47.4 Å². The molecule has 1 N–H and O–H groups in total. The number of hydrogen-bond acceptors (Lipinski definition) is 2. The Kier molecular flexibility index (Phi) is 4.08. The molecular formula is C21H22N2OS. The summed E-state index contributed by atoms with van der Waals surface area (Å²) in [6.45, 7) is 7.67. The highest BCUT2D eigenvalue weighted by Crippen LogP contribution is 2.51. The van der Waals surface area contributed by atoms with Crippen molar-refractivity contribution in [3.63, 3.8) is 0 Å². The molecule has 0 fully saturated rings. The fourth-order valence-electron chi connectivity index (χ4n) is 3.65. The van der Waals surface area contributed by atoms with Crippen LogP contribution in [0, 0.1) is 6.92 Å². The molecule has 1 amide bonds. The molecule has 0 radical (unpaired) electrons. The van der Waals surface area contributed by atoms with E-state index in [1.54, 1.807) is 11.8 Å². The molecule has 0 bridgehead atoms. The Labute approximate surface area is 152 Å². The maximum absolute atomic E-state index is 13.3. The Bertz CT molecular complexity index is 956. The quantitative estimate of drug-likeness (QED) is 0.708. The Balaban J connectivity index is 1.97. The highest BCUT2D eigenvalue weighted by atomic mass is 32.2. The minimum atomic E-state index is -0.194. The number of H-pyrrole nitrogens is 1. The highest BCUT2D eigenvalue weighted by molar-refractivity contribution is 8.00. The van der Waals surface area contributed by atoms with Gasteiger partial charge in [-0.1, -0.05) is 29.8 Å². The van der Waals surface area contributed by atoms with Crippen LogP contribution in [-0.2, 0) is 4.79 Å². The Hall–Kier alpha value is -2.20. The summed E-state index contributed by atoms with van der Waals surface area (Å²) in [6.07, 6.45) is 0. The monoisotopic (exact) mass is 350 g/mol. The number of benzene rings is 2. The summed E-state index contributed by atoms with van der Waals surface area (Å²) in [6, 6.07) is 14.8. The smallest absolute Gasteiger partial charge is 0.240 e. The third-order valence-corrected chi connectivity index (χ3v) is 6.24. The number of thioether (sulfide) groups is 1. The van der Waals surface area contributed by atoms with E-state index < -0.39 is 0 Å². The van der Waals surface area contributed by atoms with Crippen molar-refractivity contribution in [2.24, 2.45) is 0 Å². The number of likely N-dealkylation sites (N-methyl/N-ethyl adjacent to an activating group) is 1. The van der Waals surface area contributed by atoms with Gasteiger partial charge in [0, 0.05) is 40.0 Å². The summed E-state index contributed by atoms with van der Waals surface area (Å²) in [5.74, 6) is 0.202. The van der Waals surface area contributed by atoms with Gasteiger partial charge in [-0.2, -0.15) is 0 Å². The van der Waals surface area contributed by atoms with E-state index in [1.165, 1.54) is 21.4 Å². The first-order valence-corrected chi connectivity index (χ1v) is 9.69. The second kappa shape index (κ2) is 6.26. The van der Waals surface area contributed by atoms with E-state index in [-0.39, 0.29) is 11.2 Å². The largest absolute Gasteiger partial charge is 0.354 e. The molecule has 2 aromatic carbocycles. The molecule has 0 saturated carbocycles. The van der Waals surface area contributed by atoms with Gasteiger partial charge in [0.2, 0.25) is 5.91 Å². The predicted octanol–water partition coefficient (Wildman–Crippen LogP) is 5.16. The van der Waals surface area contributed by atoms with E-state index in [4.69, 9.17) is 0 Å². The number of carbonyl (C=O) groups is 1. The third kappa shape index (κ3) is 2.56. The fourth-order valence-corrected chi connectivity index (χ4v) is 4.97. The summed E-state index contributed by atoms with van der Waals surface area (Å²) in [4.78, 5) is 19.9. The molecular weight excluding hydrogens is 328 g/mol. The van der Waals surface area contributed by atoms with Crippen LogP contribution >= 0.6 is 11.8 Å². The fraction of sp³-hybridized carbons (Fsp3) is 0.286. The summed E-state index contributed by atoms with van der Waals surface area (Å²) >= 11 is 1.68. The average molecular weight is 350 g/mol. The number of rotatable bonds is 3. The molecule has 4 heteroatoms. The van der Waals surface area contributed by atoms with E-state index in [1.807, 2.05) is 24.8 Å². The topological polar surface area (TPSA) is 36.1 Å². The molecule has 1 atom stereocenters. The van der Waals surface area contributed by atoms with E-state index in [9.17, 15) is 4.79 Å². The molecule has 128 valence electrons. The van der Waals surface area contributed by atoms with E-state index >= 15 is 0 Å². The maximum atomic E-state index is 13.3. The lowest BCUT2D eigenvalue weighted by Crippen LogP contribution is -2.34. The first-order valence-electron chi connectivity index (χ1n) is 8.81. The van der Waals surface area contributed by atoms with E-state index in [0.717, 1.165) is 29.9 Å². The second-order valence-corrected chi connectivity index (χ2v) is 7.61. The van der Waals surface area contributed by atoms with Crippen LogP contribution in [0.5, 0.6) is 0 Å². The van der Waals surface area contributed by atoms with Crippen molar-refractivity contribution in [2.45, 2.75) is 30.9 Å². The minimum absolute atomic E-state index is 0.194. The number of aromatic nitrogens is 1. The van der Waals surface area contributed by atoms with Crippen LogP contribution in [0.1, 0.15) is 30.2 Å². The number of fused-ring (bicyclic) bond motifs is 5. The molecule has 1 aromatic heterocycles. The van der Waals surface area contributed by atoms with Gasteiger partial charge in [-0.05, 0) is 39.0 Å². The maximum Gasteiger partial charge on any atom is 0.240 e. The van der Waals surface area contributed by atoms with Gasteiger partial charge in [-0.15, -0.1) is 11.8 Å². The van der Waals surface area contributed by atoms with Crippen molar-refractivity contribution in [1.82, 2.24) is 9.88 Å². The number of nitrogens with zero attached hydrogens (tertiary/aromatic N) is 1. The second-order valence-electron chi connectivity index (χ2n) is 6.47. The molecule has 1 aliphatic heterocycles. The van der Waals surface area contributed by atoms with Crippen LogP contribution in [-0.4, -0.2) is 28.9 Å². The zero-order valence-corrected chi connectivity index (χ0v) is 15.6. The third-order valence-electron chi connectivity index (χ3n) is 4.96. The van der Waals surface area contributed by atoms with Crippen LogP contribution in [0.4, 0.5) is 0 Å². The lowest BCUT2D eigenvalue weighted by atomic mass is 10.00. The summed E-state index contributed by atoms with van der Waals surface area (Å²) in [5.41, 5.74) is 5.75. The summed E-state index contributed by atoms with van der Waals surface area (Å²) in [7, 11) is 0. The van der Waals surface area contributed by atoms with E-state index in [2.05, 4.69) is 48.3 Å². The number of amides is 1. The number of hydrogen-bond donors (Lipinski definition) is 1. The van der Waals surface area contributed by atoms with Crippen molar-refractivity contribution in [2.75, 3.05) is 13.1 Å². The molecule has 25 heavy (non-hydrogen) atoms. The van der Waals surface area contributed by atoms with Gasteiger partial charge in [0.15, 0.2) is 0 Å². The van der Waals surface area contributed by atoms with Crippen LogP contribution in [0.3, 0.4) is 0 Å². The van der Waals surface area contributed by atoms with Crippen molar-refractivity contribution >= 4 is 28.6 Å². The molecule has 0 aliphatic carbocycles. The number of aryl methyl sites for hydroxylation is 1. The predicted molar refractivity (Wildman–Crippen MR) is 105 cm³/mol. The van der Waals surface area contributed by atoms with Crippen LogP contribution in [0.25, 0.3) is 22.2 Å². The SMILES string of the molecule is CCN(CC)C(=O)C1Sc2ccccc2-c2[nH]c3ccc(C)cc3c21. The highest BCUT2D eigenvalue weighted by Gasteiger charge is 2.35. The van der Waals surface area contributed by atoms with Crippen molar-refractivity contribution in [3.8, 4) is 11.3 Å². The Morgan fingerprint density at radius 2 is 1.92 bits per heavy atom. The van der Waals surface area contributed by atoms with Gasteiger partial charge in [0.1, 0.15) is 5.25 Å². The summed E-state index contributed by atoms with van der Waals surface area (Å²) < 4.78 is 0. The molecule has 1 aliphatic rings. The zero-order valence-electron chi connectivity index (χ0n) is 14.8. The van der Waals surface area contributed by atoms with Gasteiger partial charge in [-0.25, -0.2) is 0 Å². The van der Waals surface area contributed by atoms with Gasteiger partial charge < -0.3 is 9.88 Å². The van der Waals surface area contributed by atoms with Crippen LogP contribution < -0.4 is 0 Å². The lowest BCUT2D eigenvalue weighted by Gasteiger charge is -2.29. The normalized spacial score (nSPS) is 15.7. The lowest BCUT2D eigenvalue weighted by molar-refractivity contribution is -0.130. The van der Waals surface area contributed by atoms with Crippen molar-refractivity contribution < 1.29 is 4.79 Å². The first-order chi connectivity index (χ1) is 12.1. The van der Waals surface area contributed by atoms with Crippen molar-refractivity contribution in [3.05, 3.63) is 53.6 Å². The van der Waals surface area contributed by atoms with Gasteiger partial charge in [0.05, 0.1) is 5.69 Å². The minimum Gasteiger partial charge on any atom is -0.354 e. The van der Waals surface area contributed by atoms with E-state index in [0.29, 0.717) is 0 Å².